The molecule has 3 nitrogen and oxygen atoms in total. The van der Waals surface area contributed by atoms with E-state index < -0.39 is 0 Å². The summed E-state index contributed by atoms with van der Waals surface area (Å²) in [6.07, 6.45) is 27.1. The Labute approximate surface area is 202 Å². The zero-order valence-corrected chi connectivity index (χ0v) is 22.7. The molecule has 0 N–H and O–H groups in total. The highest BCUT2D eigenvalue weighted by Crippen LogP contribution is 2.13. The maximum absolute atomic E-state index is 11.9. The molecule has 0 saturated heterocycles. The summed E-state index contributed by atoms with van der Waals surface area (Å²) in [6.45, 7) is 7.48. The maximum atomic E-state index is 11.9. The van der Waals surface area contributed by atoms with Gasteiger partial charge in [-0.1, -0.05) is 117 Å². The minimum atomic E-state index is 0.00861. The number of hydrogen-bond acceptors (Lipinski definition) is 2. The van der Waals surface area contributed by atoms with Gasteiger partial charge in [-0.15, -0.1) is 0 Å². The van der Waals surface area contributed by atoms with E-state index in [2.05, 4.69) is 27.9 Å². The first kappa shape index (κ1) is 31.4. The van der Waals surface area contributed by atoms with Crippen LogP contribution in [0.15, 0.2) is 0 Å². The number of nitrogens with zero attached hydrogens (tertiary/aromatic N) is 1. The van der Waals surface area contributed by atoms with Gasteiger partial charge in [0, 0.05) is 12.8 Å². The van der Waals surface area contributed by atoms with Crippen molar-refractivity contribution >= 4 is 5.97 Å². The van der Waals surface area contributed by atoms with Crippen molar-refractivity contribution in [3.05, 3.63) is 0 Å². The van der Waals surface area contributed by atoms with Crippen molar-refractivity contribution in [1.29, 1.82) is 0 Å². The molecular formula is C29H60NO2+. The van der Waals surface area contributed by atoms with Crippen LogP contribution >= 0.6 is 0 Å². The Morgan fingerprint density at radius 2 is 0.906 bits per heavy atom. The van der Waals surface area contributed by atoms with Crippen molar-refractivity contribution < 1.29 is 14.0 Å². The molecule has 0 heterocycles. The summed E-state index contributed by atoms with van der Waals surface area (Å²) in [5.74, 6) is 0.00861. The lowest BCUT2D eigenvalue weighted by Gasteiger charge is -2.29. The number of rotatable bonds is 25. The van der Waals surface area contributed by atoms with Gasteiger partial charge in [0.1, 0.15) is 0 Å². The predicted molar refractivity (Wildman–Crippen MR) is 141 cm³/mol. The molecule has 0 aromatic carbocycles. The van der Waals surface area contributed by atoms with E-state index in [0.717, 1.165) is 23.9 Å². The van der Waals surface area contributed by atoms with Crippen molar-refractivity contribution in [1.82, 2.24) is 0 Å². The first-order valence-electron chi connectivity index (χ1n) is 14.5. The summed E-state index contributed by atoms with van der Waals surface area (Å²) >= 11 is 0. The van der Waals surface area contributed by atoms with Crippen LogP contribution in [-0.4, -0.2) is 44.2 Å². The second kappa shape index (κ2) is 23.6. The predicted octanol–water partition coefficient (Wildman–Crippen LogP) is 8.84. The Hall–Kier alpha value is -0.570. The molecule has 0 amide bonds. The first-order chi connectivity index (χ1) is 15.5. The van der Waals surface area contributed by atoms with E-state index in [0.29, 0.717) is 13.0 Å². The smallest absolute Gasteiger partial charge is 0.305 e. The summed E-state index contributed by atoms with van der Waals surface area (Å²) in [5.41, 5.74) is 0. The van der Waals surface area contributed by atoms with Crippen molar-refractivity contribution in [2.75, 3.05) is 33.8 Å². The number of ether oxygens (including phenoxy) is 1. The van der Waals surface area contributed by atoms with Gasteiger partial charge in [0.25, 0.3) is 0 Å². The molecule has 0 atom stereocenters. The largest absolute Gasteiger partial charge is 0.465 e. The fourth-order valence-electron chi connectivity index (χ4n) is 4.47. The van der Waals surface area contributed by atoms with E-state index in [4.69, 9.17) is 4.74 Å². The molecule has 0 aliphatic rings. The highest BCUT2D eigenvalue weighted by atomic mass is 16.5. The van der Waals surface area contributed by atoms with E-state index in [1.807, 2.05) is 0 Å². The normalized spacial score (nSPS) is 11.8. The molecule has 0 bridgehead atoms. The summed E-state index contributed by atoms with van der Waals surface area (Å²) in [7, 11) is 4.63. The molecule has 0 aromatic heterocycles. The fraction of sp³-hybridized carbons (Fsp3) is 0.966. The van der Waals surface area contributed by atoms with Gasteiger partial charge >= 0.3 is 5.97 Å². The average Bonchev–Trinajstić information content (AvgIpc) is 2.77. The molecule has 192 valence electrons. The second-order valence-electron chi connectivity index (χ2n) is 10.7. The zero-order chi connectivity index (χ0) is 23.8. The van der Waals surface area contributed by atoms with Crippen LogP contribution in [0.25, 0.3) is 0 Å². The third-order valence-corrected chi connectivity index (χ3v) is 6.77. The number of carbonyl (C=O) groups excluding carboxylic acids is 1. The zero-order valence-electron chi connectivity index (χ0n) is 22.7. The highest BCUT2D eigenvalue weighted by molar-refractivity contribution is 5.69. The van der Waals surface area contributed by atoms with Gasteiger partial charge in [-0.2, -0.15) is 0 Å². The SMILES string of the molecule is CCCCCCCCCCCCCC(=O)OCCC[N+](C)(C)CCCCCCCCCC. The maximum Gasteiger partial charge on any atom is 0.305 e. The summed E-state index contributed by atoms with van der Waals surface area (Å²) in [6, 6.07) is 0. The monoisotopic (exact) mass is 454 g/mol. The van der Waals surface area contributed by atoms with Crippen LogP contribution < -0.4 is 0 Å². The Morgan fingerprint density at radius 1 is 0.531 bits per heavy atom. The van der Waals surface area contributed by atoms with Crippen LogP contribution in [0.5, 0.6) is 0 Å². The van der Waals surface area contributed by atoms with E-state index in [1.165, 1.54) is 122 Å². The average molecular weight is 455 g/mol. The Bertz CT molecular complexity index is 395. The van der Waals surface area contributed by atoms with Gasteiger partial charge in [-0.3, -0.25) is 4.79 Å². The van der Waals surface area contributed by atoms with Crippen LogP contribution in [0, 0.1) is 0 Å². The van der Waals surface area contributed by atoms with Crippen LogP contribution in [0.4, 0.5) is 0 Å². The Morgan fingerprint density at radius 3 is 1.38 bits per heavy atom. The summed E-state index contributed by atoms with van der Waals surface area (Å²) < 4.78 is 6.52. The van der Waals surface area contributed by atoms with Crippen molar-refractivity contribution in [3.8, 4) is 0 Å². The van der Waals surface area contributed by atoms with Gasteiger partial charge in [0.05, 0.1) is 33.8 Å². The van der Waals surface area contributed by atoms with Crippen molar-refractivity contribution in [2.24, 2.45) is 0 Å². The van der Waals surface area contributed by atoms with Gasteiger partial charge in [0.2, 0.25) is 0 Å². The van der Waals surface area contributed by atoms with E-state index >= 15 is 0 Å². The molecule has 0 aromatic rings. The van der Waals surface area contributed by atoms with Crippen LogP contribution in [0.2, 0.25) is 0 Å². The minimum Gasteiger partial charge on any atom is -0.465 e. The molecule has 0 spiro atoms. The quantitative estimate of drug-likeness (QED) is 0.0782. The third-order valence-electron chi connectivity index (χ3n) is 6.77. The lowest BCUT2D eigenvalue weighted by Crippen LogP contribution is -2.41. The molecule has 0 aliphatic heterocycles. The highest BCUT2D eigenvalue weighted by Gasteiger charge is 2.14. The minimum absolute atomic E-state index is 0.00861. The summed E-state index contributed by atoms with van der Waals surface area (Å²) in [5, 5.41) is 0. The number of hydrogen-bond donors (Lipinski definition) is 0. The molecule has 0 unspecified atom stereocenters. The van der Waals surface area contributed by atoms with Gasteiger partial charge in [-0.05, 0) is 19.3 Å². The number of unbranched alkanes of at least 4 members (excludes halogenated alkanes) is 17. The lowest BCUT2D eigenvalue weighted by atomic mass is 10.1. The van der Waals surface area contributed by atoms with Crippen molar-refractivity contribution in [2.45, 2.75) is 149 Å². The lowest BCUT2D eigenvalue weighted by molar-refractivity contribution is -0.890. The van der Waals surface area contributed by atoms with E-state index in [9.17, 15) is 4.79 Å². The van der Waals surface area contributed by atoms with Crippen LogP contribution in [-0.2, 0) is 9.53 Å². The fourth-order valence-corrected chi connectivity index (χ4v) is 4.47. The van der Waals surface area contributed by atoms with E-state index in [-0.39, 0.29) is 5.97 Å². The Kier molecular flexibility index (Phi) is 23.2. The number of esters is 1. The standard InChI is InChI=1S/C29H60NO2/c1-5-7-9-11-13-15-16-17-18-20-22-25-29(31)32-28-24-27-30(3,4)26-23-21-19-14-12-10-8-6-2/h5-28H2,1-4H3/q+1. The molecule has 0 fully saturated rings. The molecule has 32 heavy (non-hydrogen) atoms. The van der Waals surface area contributed by atoms with Crippen LogP contribution in [0.1, 0.15) is 149 Å². The topological polar surface area (TPSA) is 26.3 Å². The van der Waals surface area contributed by atoms with Gasteiger partial charge in [0.15, 0.2) is 0 Å². The molecule has 0 rings (SSSR count). The third kappa shape index (κ3) is 24.1. The number of quaternary nitrogens is 1. The van der Waals surface area contributed by atoms with Crippen molar-refractivity contribution in [3.63, 3.8) is 0 Å². The molecule has 0 radical (unpaired) electrons. The van der Waals surface area contributed by atoms with Crippen LogP contribution in [0.3, 0.4) is 0 Å². The second-order valence-corrected chi connectivity index (χ2v) is 10.7. The molecule has 0 aliphatic carbocycles. The van der Waals surface area contributed by atoms with Gasteiger partial charge < -0.3 is 9.22 Å². The molecule has 0 saturated carbocycles. The first-order valence-corrected chi connectivity index (χ1v) is 14.5. The molecule has 3 heteroatoms. The Balaban J connectivity index is 3.42. The van der Waals surface area contributed by atoms with E-state index in [1.54, 1.807) is 0 Å². The number of carbonyl (C=O) groups is 1. The molecular weight excluding hydrogens is 394 g/mol. The summed E-state index contributed by atoms with van der Waals surface area (Å²) in [4.78, 5) is 11.9. The van der Waals surface area contributed by atoms with Gasteiger partial charge in [-0.25, -0.2) is 0 Å².